The van der Waals surface area contributed by atoms with E-state index in [1.807, 2.05) is 55.5 Å². The van der Waals surface area contributed by atoms with E-state index in [4.69, 9.17) is 39.0 Å². The van der Waals surface area contributed by atoms with Crippen LogP contribution >= 0.6 is 0 Å². The highest BCUT2D eigenvalue weighted by Gasteiger charge is 2.63. The molecule has 2 aliphatic carbocycles. The third-order valence-electron chi connectivity index (χ3n) is 17.3. The third-order valence-corrected chi connectivity index (χ3v) is 17.3. The first kappa shape index (κ1) is 74.7. The first-order valence-corrected chi connectivity index (χ1v) is 32.5. The largest absolute Gasteiger partial charge is 0.493 e. The van der Waals surface area contributed by atoms with Gasteiger partial charge in [-0.1, -0.05) is 96.6 Å². The lowest BCUT2D eigenvalue weighted by Gasteiger charge is -2.34. The van der Waals surface area contributed by atoms with Crippen molar-refractivity contribution in [3.8, 4) is 23.0 Å². The van der Waals surface area contributed by atoms with E-state index < -0.39 is 58.8 Å². The summed E-state index contributed by atoms with van der Waals surface area (Å²) < 4.78 is 32.0. The topological polar surface area (TPSA) is 249 Å². The second-order valence-corrected chi connectivity index (χ2v) is 24.3. The van der Waals surface area contributed by atoms with Gasteiger partial charge in [0.2, 0.25) is 17.7 Å². The number of nitrogens with one attached hydrogen (secondary N) is 1. The fourth-order valence-electron chi connectivity index (χ4n) is 12.4. The number of imide groups is 1. The Morgan fingerprint density at radius 2 is 1.01 bits per heavy atom. The maximum atomic E-state index is 14.1. The molecule has 3 fully saturated rings. The van der Waals surface area contributed by atoms with Crippen LogP contribution in [0.3, 0.4) is 0 Å². The molecule has 3 aliphatic heterocycles. The Labute approximate surface area is 544 Å². The van der Waals surface area contributed by atoms with Crippen LogP contribution in [0.25, 0.3) is 0 Å². The summed E-state index contributed by atoms with van der Waals surface area (Å²) in [6.45, 7) is 17.6. The number of nitrogens with two attached hydrogens (primary N) is 1. The second-order valence-electron chi connectivity index (χ2n) is 24.3. The first-order valence-electron chi connectivity index (χ1n) is 32.5. The minimum atomic E-state index is -1.32. The number of hydrogen-bond acceptors (Lipinski definition) is 16. The molecule has 20 heteroatoms. The number of benzene rings is 2. The fourth-order valence-corrected chi connectivity index (χ4v) is 12.4. The number of esters is 2. The fraction of sp³-hybridized carbons (Fsp3) is 0.556. The van der Waals surface area contributed by atoms with E-state index in [-0.39, 0.29) is 63.3 Å². The van der Waals surface area contributed by atoms with Gasteiger partial charge < -0.3 is 54.1 Å². The van der Waals surface area contributed by atoms with Crippen molar-refractivity contribution in [1.82, 2.24) is 20.2 Å². The Bertz CT molecular complexity index is 3100. The van der Waals surface area contributed by atoms with Gasteiger partial charge in [0.1, 0.15) is 10.8 Å². The monoisotopic (exact) mass is 1280 g/mol. The van der Waals surface area contributed by atoms with Crippen LogP contribution in [0.1, 0.15) is 182 Å². The normalized spacial score (nSPS) is 21.7. The number of carbonyl (C=O) groups is 8. The van der Waals surface area contributed by atoms with Gasteiger partial charge >= 0.3 is 17.9 Å². The Kier molecular flexibility index (Phi) is 30.0. The lowest BCUT2D eigenvalue weighted by atomic mass is 9.69. The molecule has 0 unspecified atom stereocenters. The number of amides is 5. The average Bonchev–Trinajstić information content (AvgIpc) is 1.58. The molecule has 20 nitrogen and oxygen atoms in total. The molecular formula is C72H101N5O15. The minimum absolute atomic E-state index is 0.0266. The van der Waals surface area contributed by atoms with E-state index in [2.05, 4.69) is 58.2 Å². The number of ether oxygens (including phenoxy) is 6. The number of likely N-dealkylation sites (tertiary alicyclic amines) is 2. The highest BCUT2D eigenvalue weighted by Crippen LogP contribution is 2.54. The molecule has 0 aromatic heterocycles. The molecule has 92 heavy (non-hydrogen) atoms. The van der Waals surface area contributed by atoms with Gasteiger partial charge in [0.15, 0.2) is 23.0 Å². The van der Waals surface area contributed by atoms with Gasteiger partial charge in [-0.2, -0.15) is 0 Å². The summed E-state index contributed by atoms with van der Waals surface area (Å²) in [6.07, 6.45) is 23.0. The van der Waals surface area contributed by atoms with E-state index >= 15 is 0 Å². The molecule has 504 valence electrons. The number of carbonyl (C=O) groups excluding carboxylic acids is 8. The van der Waals surface area contributed by atoms with Gasteiger partial charge in [-0.25, -0.2) is 4.79 Å². The van der Waals surface area contributed by atoms with Crippen molar-refractivity contribution in [1.29, 1.82) is 0 Å². The maximum absolute atomic E-state index is 14.1. The zero-order valence-electron chi connectivity index (χ0n) is 56.6. The number of rotatable bonds is 26. The van der Waals surface area contributed by atoms with Crippen LogP contribution in [0.5, 0.6) is 23.0 Å². The molecule has 3 N–H and O–H groups in total. The zero-order chi connectivity index (χ0) is 67.5. The molecule has 5 amide bonds. The van der Waals surface area contributed by atoms with E-state index in [1.54, 1.807) is 58.2 Å². The molecule has 2 aromatic rings. The van der Waals surface area contributed by atoms with Crippen LogP contribution in [0.15, 0.2) is 107 Å². The Morgan fingerprint density at radius 3 is 1.43 bits per heavy atom. The van der Waals surface area contributed by atoms with Crippen molar-refractivity contribution in [2.75, 3.05) is 54.7 Å². The number of hydroxylamine groups is 2. The van der Waals surface area contributed by atoms with Gasteiger partial charge in [-0.05, 0) is 155 Å². The highest BCUT2D eigenvalue weighted by molar-refractivity contribution is 6.03. The molecule has 0 bridgehead atoms. The molecule has 0 saturated carbocycles. The second kappa shape index (κ2) is 36.9. The lowest BCUT2D eigenvalue weighted by molar-refractivity contribution is -0.199. The Morgan fingerprint density at radius 1 is 0.576 bits per heavy atom. The van der Waals surface area contributed by atoms with Gasteiger partial charge in [-0.15, -0.1) is 5.06 Å². The van der Waals surface area contributed by atoms with E-state index in [0.29, 0.717) is 66.7 Å². The van der Waals surface area contributed by atoms with Crippen LogP contribution in [0.2, 0.25) is 0 Å². The van der Waals surface area contributed by atoms with Gasteiger partial charge in [0.05, 0.1) is 59.9 Å². The Balaban J connectivity index is 0.000000283. The summed E-state index contributed by atoms with van der Waals surface area (Å²) in [6, 6.07) is 11.1. The number of allylic oxidation sites excluding steroid dienone is 8. The van der Waals surface area contributed by atoms with Gasteiger partial charge in [0.25, 0.3) is 11.8 Å². The van der Waals surface area contributed by atoms with Crippen molar-refractivity contribution >= 4 is 47.4 Å². The van der Waals surface area contributed by atoms with Gasteiger partial charge in [0, 0.05) is 56.8 Å². The van der Waals surface area contributed by atoms with E-state index in [0.717, 1.165) is 92.4 Å². The molecule has 0 radical (unpaired) electrons. The van der Waals surface area contributed by atoms with Crippen LogP contribution in [0, 0.1) is 22.7 Å². The van der Waals surface area contributed by atoms with E-state index in [9.17, 15) is 38.4 Å². The molecule has 7 rings (SSSR count). The van der Waals surface area contributed by atoms with Crippen LogP contribution in [0.4, 0.5) is 0 Å². The molecular weight excluding hydrogens is 1170 g/mol. The van der Waals surface area contributed by atoms with Crippen molar-refractivity contribution in [3.05, 3.63) is 118 Å². The molecule has 3 saturated heterocycles. The first-order chi connectivity index (χ1) is 44.1. The summed E-state index contributed by atoms with van der Waals surface area (Å²) in [7, 11) is 6.35. The molecule has 3 heterocycles. The number of nitrogens with zero attached hydrogens (tertiary/aromatic N) is 3. The summed E-state index contributed by atoms with van der Waals surface area (Å²) >= 11 is 0. The summed E-state index contributed by atoms with van der Waals surface area (Å²) in [5.74, 6) is -3.10. The van der Waals surface area contributed by atoms with Crippen LogP contribution in [-0.4, -0.2) is 117 Å². The van der Waals surface area contributed by atoms with Gasteiger partial charge in [-0.3, -0.25) is 33.6 Å². The summed E-state index contributed by atoms with van der Waals surface area (Å²) in [5, 5.41) is 3.43. The zero-order valence-corrected chi connectivity index (χ0v) is 56.6. The predicted molar refractivity (Wildman–Crippen MR) is 351 cm³/mol. The maximum Gasteiger partial charge on any atom is 0.334 e. The van der Waals surface area contributed by atoms with E-state index in [1.165, 1.54) is 16.7 Å². The summed E-state index contributed by atoms with van der Waals surface area (Å²) in [4.78, 5) is 114. The molecule has 4 atom stereocenters. The number of methoxy groups -OCH3 is 4. The number of hydrogen-bond donors (Lipinski definition) is 2. The molecule has 5 aliphatic rings. The van der Waals surface area contributed by atoms with Crippen molar-refractivity contribution < 1.29 is 71.6 Å². The lowest BCUT2D eigenvalue weighted by Crippen LogP contribution is -2.42. The van der Waals surface area contributed by atoms with Crippen molar-refractivity contribution in [2.45, 2.75) is 184 Å². The smallest absolute Gasteiger partial charge is 0.334 e. The predicted octanol–water partition coefficient (Wildman–Crippen LogP) is 12.0. The Hall–Kier alpha value is -8.00. The summed E-state index contributed by atoms with van der Waals surface area (Å²) in [5.41, 5.74) is 11.0. The third kappa shape index (κ3) is 19.5. The number of fused-ring (bicyclic) bond motifs is 2. The molecule has 2 aromatic carbocycles. The van der Waals surface area contributed by atoms with Crippen molar-refractivity contribution in [3.63, 3.8) is 0 Å². The van der Waals surface area contributed by atoms with Crippen molar-refractivity contribution in [2.24, 2.45) is 28.4 Å². The van der Waals surface area contributed by atoms with Crippen LogP contribution in [-0.2, 0) is 65.8 Å². The SMILES string of the molecule is CCOC(=O)[C@@]12CCCCC/C=C\1N(C/C=C(\C)CCC=C(C)C)C(=O)[C@H]2CC(=O)NCc1ccc(OC)c(OC)c1.CCOC(=O)[C@@]12CCCCC/C=C\1N(C/C=C(\C)CCC=C(C)C)C(=O)[C@H]2CC(=O)ON1C(=O)CCC1=O.COc1ccc(CN)cc1OC. The quantitative estimate of drug-likeness (QED) is 0.0505. The average molecular weight is 1280 g/mol. The van der Waals surface area contributed by atoms with Crippen LogP contribution < -0.4 is 30.0 Å². The highest BCUT2D eigenvalue weighted by atomic mass is 16.7. The standard InChI is InChI=1S/C34H48N2O6.C29H40N2O7.C9H13NO2/c1-7-42-33(39)34-19-11-9-8-10-15-30(34)36(20-18-25(4)14-12-13-24(2)3)32(38)27(34)22-31(37)35-23-26-16-17-28(40-5)29(21-26)41-6;1-5-37-28(36)29-17-9-7-6-8-13-23(29)30(18-16-21(4)12-10-11-20(2)3)27(35)22(29)19-26(34)38-31-24(32)14-15-25(31)33;1-11-8-4-3-7(6-10)5-9(8)12-2/h13,15-18,21,27H,7-12,14,19-20,22-23H2,1-6H3,(H,35,37);11,13,16,22H,5-10,12,14-15,17-19H2,1-4H3;3-5H,6,10H2,1-2H3/b25-18+,30-15+;21-16+,23-13+;/t27-,34-;22-,29-;/m11./s1. The minimum Gasteiger partial charge on any atom is -0.493 e. The molecule has 0 spiro atoms.